The highest BCUT2D eigenvalue weighted by atomic mass is 16.5. The first-order chi connectivity index (χ1) is 9.56. The lowest BCUT2D eigenvalue weighted by atomic mass is 10.2. The Morgan fingerprint density at radius 2 is 1.60 bits per heavy atom. The Labute approximate surface area is 119 Å². The summed E-state index contributed by atoms with van der Waals surface area (Å²) in [6.45, 7) is 5.97. The Hall–Kier alpha value is -2.04. The van der Waals surface area contributed by atoms with Gasteiger partial charge in [0.25, 0.3) is 5.91 Å². The second-order valence-corrected chi connectivity index (χ2v) is 4.99. The molecule has 0 radical (unpaired) electrons. The SMILES string of the molecule is CC(=O)N1CCN(C(=O)COc2ccc(C)cc2)CC1. The van der Waals surface area contributed by atoms with Gasteiger partial charge in [-0.15, -0.1) is 0 Å². The summed E-state index contributed by atoms with van der Waals surface area (Å²) in [5.41, 5.74) is 1.16. The summed E-state index contributed by atoms with van der Waals surface area (Å²) in [7, 11) is 0. The Morgan fingerprint density at radius 3 is 2.15 bits per heavy atom. The van der Waals surface area contributed by atoms with Gasteiger partial charge >= 0.3 is 0 Å². The third kappa shape index (κ3) is 3.73. The van der Waals surface area contributed by atoms with Crippen LogP contribution in [0.5, 0.6) is 5.75 Å². The monoisotopic (exact) mass is 276 g/mol. The minimum atomic E-state index is -0.0335. The van der Waals surface area contributed by atoms with Crippen LogP contribution in [-0.4, -0.2) is 54.4 Å². The van der Waals surface area contributed by atoms with Crippen molar-refractivity contribution in [3.63, 3.8) is 0 Å². The molecular formula is C15H20N2O3. The fraction of sp³-hybridized carbons (Fsp3) is 0.467. The molecule has 1 aromatic carbocycles. The van der Waals surface area contributed by atoms with Crippen LogP contribution in [-0.2, 0) is 9.59 Å². The van der Waals surface area contributed by atoms with E-state index < -0.39 is 0 Å². The zero-order chi connectivity index (χ0) is 14.5. The molecule has 108 valence electrons. The van der Waals surface area contributed by atoms with Crippen LogP contribution in [0, 0.1) is 6.92 Å². The largest absolute Gasteiger partial charge is 0.484 e. The van der Waals surface area contributed by atoms with E-state index in [-0.39, 0.29) is 18.4 Å². The van der Waals surface area contributed by atoms with Gasteiger partial charge in [-0.2, -0.15) is 0 Å². The summed E-state index contributed by atoms with van der Waals surface area (Å²) in [4.78, 5) is 26.7. The molecule has 0 aromatic heterocycles. The number of ether oxygens (including phenoxy) is 1. The molecule has 0 atom stereocenters. The second kappa shape index (κ2) is 6.41. The maximum absolute atomic E-state index is 12.0. The summed E-state index contributed by atoms with van der Waals surface area (Å²) in [5.74, 6) is 0.730. The van der Waals surface area contributed by atoms with Gasteiger partial charge in [-0.1, -0.05) is 17.7 Å². The van der Waals surface area contributed by atoms with E-state index in [1.165, 1.54) is 0 Å². The lowest BCUT2D eigenvalue weighted by Gasteiger charge is -2.34. The molecule has 1 heterocycles. The molecule has 0 aliphatic carbocycles. The van der Waals surface area contributed by atoms with Crippen molar-refractivity contribution in [3.05, 3.63) is 29.8 Å². The number of hydrogen-bond acceptors (Lipinski definition) is 3. The normalized spacial score (nSPS) is 15.1. The van der Waals surface area contributed by atoms with E-state index in [4.69, 9.17) is 4.74 Å². The summed E-state index contributed by atoms with van der Waals surface area (Å²) >= 11 is 0. The summed E-state index contributed by atoms with van der Waals surface area (Å²) < 4.78 is 5.48. The van der Waals surface area contributed by atoms with Crippen LogP contribution in [0.1, 0.15) is 12.5 Å². The smallest absolute Gasteiger partial charge is 0.260 e. The summed E-state index contributed by atoms with van der Waals surface area (Å²) in [5, 5.41) is 0. The van der Waals surface area contributed by atoms with Crippen LogP contribution in [0.15, 0.2) is 24.3 Å². The molecule has 0 bridgehead atoms. The Bertz CT molecular complexity index is 476. The molecule has 1 fully saturated rings. The van der Waals surface area contributed by atoms with Crippen molar-refractivity contribution in [2.45, 2.75) is 13.8 Å². The van der Waals surface area contributed by atoms with Crippen molar-refractivity contribution in [1.82, 2.24) is 9.80 Å². The number of nitrogens with zero attached hydrogens (tertiary/aromatic N) is 2. The Balaban J connectivity index is 1.78. The van der Waals surface area contributed by atoms with Crippen LogP contribution < -0.4 is 4.74 Å². The maximum Gasteiger partial charge on any atom is 0.260 e. The van der Waals surface area contributed by atoms with Crippen molar-refractivity contribution >= 4 is 11.8 Å². The molecule has 2 amide bonds. The number of benzene rings is 1. The third-order valence-corrected chi connectivity index (χ3v) is 3.46. The van der Waals surface area contributed by atoms with E-state index in [1.807, 2.05) is 31.2 Å². The van der Waals surface area contributed by atoms with Gasteiger partial charge in [-0.05, 0) is 19.1 Å². The molecule has 0 N–H and O–H groups in total. The predicted octanol–water partition coefficient (Wildman–Crippen LogP) is 1.06. The second-order valence-electron chi connectivity index (χ2n) is 4.99. The van der Waals surface area contributed by atoms with Crippen molar-refractivity contribution < 1.29 is 14.3 Å². The first-order valence-electron chi connectivity index (χ1n) is 6.79. The molecule has 5 heteroatoms. The fourth-order valence-electron chi connectivity index (χ4n) is 2.14. The summed E-state index contributed by atoms with van der Waals surface area (Å²) in [6, 6.07) is 7.61. The van der Waals surface area contributed by atoms with E-state index in [1.54, 1.807) is 16.7 Å². The number of piperazine rings is 1. The standard InChI is InChI=1S/C15H20N2O3/c1-12-3-5-14(6-4-12)20-11-15(19)17-9-7-16(8-10-17)13(2)18/h3-6H,7-11H2,1-2H3. The lowest BCUT2D eigenvalue weighted by molar-refractivity contribution is -0.139. The molecule has 1 aliphatic heterocycles. The Morgan fingerprint density at radius 1 is 1.05 bits per heavy atom. The van der Waals surface area contributed by atoms with Crippen molar-refractivity contribution in [2.75, 3.05) is 32.8 Å². The molecule has 5 nitrogen and oxygen atoms in total. The molecule has 1 aromatic rings. The van der Waals surface area contributed by atoms with Gasteiger partial charge in [0, 0.05) is 33.1 Å². The van der Waals surface area contributed by atoms with Gasteiger partial charge in [0.2, 0.25) is 5.91 Å². The predicted molar refractivity (Wildman–Crippen MR) is 75.5 cm³/mol. The number of carbonyl (C=O) groups is 2. The number of carbonyl (C=O) groups excluding carboxylic acids is 2. The van der Waals surface area contributed by atoms with Gasteiger partial charge in [-0.25, -0.2) is 0 Å². The number of aryl methyl sites for hydroxylation is 1. The molecule has 20 heavy (non-hydrogen) atoms. The highest BCUT2D eigenvalue weighted by Gasteiger charge is 2.22. The molecular weight excluding hydrogens is 256 g/mol. The first-order valence-corrected chi connectivity index (χ1v) is 6.79. The summed E-state index contributed by atoms with van der Waals surface area (Å²) in [6.07, 6.45) is 0. The fourth-order valence-corrected chi connectivity index (χ4v) is 2.14. The highest BCUT2D eigenvalue weighted by Crippen LogP contribution is 2.11. The minimum Gasteiger partial charge on any atom is -0.484 e. The van der Waals surface area contributed by atoms with Crippen LogP contribution in [0.4, 0.5) is 0 Å². The quantitative estimate of drug-likeness (QED) is 0.829. The molecule has 0 spiro atoms. The average molecular weight is 276 g/mol. The number of hydrogen-bond donors (Lipinski definition) is 0. The molecule has 2 rings (SSSR count). The van der Waals surface area contributed by atoms with Gasteiger partial charge < -0.3 is 14.5 Å². The van der Waals surface area contributed by atoms with Crippen molar-refractivity contribution in [3.8, 4) is 5.75 Å². The third-order valence-electron chi connectivity index (χ3n) is 3.46. The number of amides is 2. The van der Waals surface area contributed by atoms with Crippen LogP contribution in [0.25, 0.3) is 0 Å². The lowest BCUT2D eigenvalue weighted by Crippen LogP contribution is -2.51. The van der Waals surface area contributed by atoms with Gasteiger partial charge in [0.05, 0.1) is 0 Å². The zero-order valence-corrected chi connectivity index (χ0v) is 12.0. The molecule has 0 unspecified atom stereocenters. The van der Waals surface area contributed by atoms with Crippen LogP contribution >= 0.6 is 0 Å². The van der Waals surface area contributed by atoms with Gasteiger partial charge in [0.15, 0.2) is 6.61 Å². The van der Waals surface area contributed by atoms with Crippen LogP contribution in [0.2, 0.25) is 0 Å². The van der Waals surface area contributed by atoms with Crippen LogP contribution in [0.3, 0.4) is 0 Å². The zero-order valence-electron chi connectivity index (χ0n) is 12.0. The van der Waals surface area contributed by atoms with Crippen molar-refractivity contribution in [2.24, 2.45) is 0 Å². The number of rotatable bonds is 3. The maximum atomic E-state index is 12.0. The average Bonchev–Trinajstić information content (AvgIpc) is 2.46. The van der Waals surface area contributed by atoms with E-state index >= 15 is 0 Å². The molecule has 1 saturated heterocycles. The van der Waals surface area contributed by atoms with E-state index in [0.717, 1.165) is 5.56 Å². The van der Waals surface area contributed by atoms with Gasteiger partial charge in [0.1, 0.15) is 5.75 Å². The highest BCUT2D eigenvalue weighted by molar-refractivity contribution is 5.78. The Kier molecular flexibility index (Phi) is 4.61. The van der Waals surface area contributed by atoms with E-state index in [2.05, 4.69) is 0 Å². The van der Waals surface area contributed by atoms with E-state index in [9.17, 15) is 9.59 Å². The molecule has 1 aliphatic rings. The first kappa shape index (κ1) is 14.4. The topological polar surface area (TPSA) is 49.9 Å². The molecule has 0 saturated carbocycles. The van der Waals surface area contributed by atoms with Gasteiger partial charge in [-0.3, -0.25) is 9.59 Å². The van der Waals surface area contributed by atoms with E-state index in [0.29, 0.717) is 31.9 Å². The van der Waals surface area contributed by atoms with Crippen molar-refractivity contribution in [1.29, 1.82) is 0 Å². The minimum absolute atomic E-state index is 0.0335.